The molecule has 1 aliphatic carbocycles. The maximum Gasteiger partial charge on any atom is 0.387 e. The highest BCUT2D eigenvalue weighted by molar-refractivity contribution is 14.0. The molecule has 2 atom stereocenters. The molecule has 146 valence electrons. The molecule has 3 rings (SSSR count). The largest absolute Gasteiger partial charge is 0.434 e. The lowest BCUT2D eigenvalue weighted by Crippen LogP contribution is -2.38. The van der Waals surface area contributed by atoms with Crippen LogP contribution in [0.3, 0.4) is 0 Å². The molecule has 0 saturated heterocycles. The molecule has 7 heteroatoms. The van der Waals surface area contributed by atoms with Gasteiger partial charge in [-0.3, -0.25) is 4.99 Å². The molecular formula is C20H24F2IN3O. The molecule has 2 unspecified atom stereocenters. The van der Waals surface area contributed by atoms with E-state index in [0.717, 1.165) is 6.42 Å². The number of alkyl halides is 2. The summed E-state index contributed by atoms with van der Waals surface area (Å²) < 4.78 is 29.6. The molecule has 2 aromatic carbocycles. The Hall–Kier alpha value is -1.90. The van der Waals surface area contributed by atoms with Crippen LogP contribution in [0.15, 0.2) is 53.5 Å². The first kappa shape index (κ1) is 21.4. The van der Waals surface area contributed by atoms with E-state index < -0.39 is 6.61 Å². The predicted octanol–water partition coefficient (Wildman–Crippen LogP) is 4.44. The average Bonchev–Trinajstić information content (AvgIpc) is 3.38. The van der Waals surface area contributed by atoms with Crippen LogP contribution in [0.25, 0.3) is 0 Å². The van der Waals surface area contributed by atoms with E-state index in [1.165, 1.54) is 17.2 Å². The number of benzene rings is 2. The van der Waals surface area contributed by atoms with Gasteiger partial charge in [0.15, 0.2) is 5.96 Å². The molecule has 1 fully saturated rings. The predicted molar refractivity (Wildman–Crippen MR) is 114 cm³/mol. The van der Waals surface area contributed by atoms with Gasteiger partial charge in [-0.05, 0) is 30.5 Å². The molecule has 0 amide bonds. The van der Waals surface area contributed by atoms with Gasteiger partial charge in [-0.25, -0.2) is 0 Å². The minimum Gasteiger partial charge on any atom is -0.434 e. The quantitative estimate of drug-likeness (QED) is 0.360. The maximum absolute atomic E-state index is 12.5. The van der Waals surface area contributed by atoms with Crippen LogP contribution in [0.1, 0.15) is 29.0 Å². The molecule has 0 aliphatic heterocycles. The van der Waals surface area contributed by atoms with E-state index in [1.54, 1.807) is 25.2 Å². The van der Waals surface area contributed by atoms with E-state index >= 15 is 0 Å². The van der Waals surface area contributed by atoms with Gasteiger partial charge in [-0.15, -0.1) is 24.0 Å². The average molecular weight is 487 g/mol. The number of aliphatic imine (C=N–C) groups is 1. The summed E-state index contributed by atoms with van der Waals surface area (Å²) in [4.78, 5) is 4.23. The Morgan fingerprint density at radius 1 is 1.19 bits per heavy atom. The minimum absolute atomic E-state index is 0. The van der Waals surface area contributed by atoms with Gasteiger partial charge in [-0.2, -0.15) is 8.78 Å². The summed E-state index contributed by atoms with van der Waals surface area (Å²) in [5, 5.41) is 6.57. The van der Waals surface area contributed by atoms with E-state index in [9.17, 15) is 8.78 Å². The van der Waals surface area contributed by atoms with Crippen LogP contribution in [0.2, 0.25) is 0 Å². The van der Waals surface area contributed by atoms with Crippen LogP contribution in [0, 0.1) is 6.92 Å². The molecule has 2 N–H and O–H groups in total. The van der Waals surface area contributed by atoms with Gasteiger partial charge in [0.1, 0.15) is 5.75 Å². The fourth-order valence-electron chi connectivity index (χ4n) is 3.11. The lowest BCUT2D eigenvalue weighted by molar-refractivity contribution is -0.0504. The monoisotopic (exact) mass is 487 g/mol. The molecule has 4 nitrogen and oxygen atoms in total. The maximum atomic E-state index is 12.5. The van der Waals surface area contributed by atoms with Crippen LogP contribution in [-0.4, -0.2) is 25.7 Å². The van der Waals surface area contributed by atoms with Crippen LogP contribution < -0.4 is 15.4 Å². The van der Waals surface area contributed by atoms with Crippen molar-refractivity contribution >= 4 is 29.9 Å². The van der Waals surface area contributed by atoms with Gasteiger partial charge in [0, 0.05) is 31.1 Å². The third kappa shape index (κ3) is 5.79. The number of hydrogen-bond donors (Lipinski definition) is 2. The molecule has 1 saturated carbocycles. The first-order chi connectivity index (χ1) is 12.6. The van der Waals surface area contributed by atoms with Crippen molar-refractivity contribution in [2.45, 2.75) is 38.5 Å². The van der Waals surface area contributed by atoms with Crippen molar-refractivity contribution < 1.29 is 13.5 Å². The Bertz CT molecular complexity index is 785. The van der Waals surface area contributed by atoms with Crippen LogP contribution >= 0.6 is 24.0 Å². The number of guanidine groups is 1. The Balaban J connectivity index is 0.00000261. The van der Waals surface area contributed by atoms with E-state index in [1.807, 2.05) is 6.07 Å². The summed E-state index contributed by atoms with van der Waals surface area (Å²) in [6.07, 6.45) is 1.05. The first-order valence-corrected chi connectivity index (χ1v) is 8.64. The summed E-state index contributed by atoms with van der Waals surface area (Å²) >= 11 is 0. The zero-order valence-corrected chi connectivity index (χ0v) is 17.6. The number of ether oxygens (including phenoxy) is 1. The van der Waals surface area contributed by atoms with E-state index in [2.05, 4.69) is 45.5 Å². The molecule has 1 aliphatic rings. The zero-order chi connectivity index (χ0) is 18.5. The Kier molecular flexibility index (Phi) is 7.82. The Morgan fingerprint density at radius 2 is 1.89 bits per heavy atom. The molecule has 0 heterocycles. The topological polar surface area (TPSA) is 45.7 Å². The van der Waals surface area contributed by atoms with Crippen molar-refractivity contribution in [1.29, 1.82) is 0 Å². The van der Waals surface area contributed by atoms with Crippen molar-refractivity contribution in [3.05, 3.63) is 65.2 Å². The molecular weight excluding hydrogens is 463 g/mol. The second kappa shape index (κ2) is 9.87. The number of halogens is 3. The lowest BCUT2D eigenvalue weighted by Gasteiger charge is -2.15. The highest BCUT2D eigenvalue weighted by atomic mass is 127. The second-order valence-electron chi connectivity index (χ2n) is 6.36. The number of nitrogens with zero attached hydrogens (tertiary/aromatic N) is 1. The number of rotatable bonds is 6. The van der Waals surface area contributed by atoms with E-state index in [0.29, 0.717) is 30.0 Å². The van der Waals surface area contributed by atoms with Gasteiger partial charge < -0.3 is 15.4 Å². The summed E-state index contributed by atoms with van der Waals surface area (Å²) in [7, 11) is 1.70. The standard InChI is InChI=1S/C20H23F2N3O.HI/c1-13-7-3-5-9-15(13)16-11-17(16)25-20(23-2)24-12-14-8-4-6-10-18(14)26-19(21)22;/h3-10,16-17,19H,11-12H2,1-2H3,(H2,23,24,25);1H. The highest BCUT2D eigenvalue weighted by Gasteiger charge is 2.39. The lowest BCUT2D eigenvalue weighted by atomic mass is 10.0. The highest BCUT2D eigenvalue weighted by Crippen LogP contribution is 2.42. The minimum atomic E-state index is -2.84. The summed E-state index contributed by atoms with van der Waals surface area (Å²) in [5.74, 6) is 1.30. The normalized spacial score (nSPS) is 18.6. The van der Waals surface area contributed by atoms with Crippen molar-refractivity contribution in [2.75, 3.05) is 7.05 Å². The van der Waals surface area contributed by atoms with Crippen molar-refractivity contribution in [3.63, 3.8) is 0 Å². The fourth-order valence-corrected chi connectivity index (χ4v) is 3.11. The van der Waals surface area contributed by atoms with Crippen molar-refractivity contribution in [3.8, 4) is 5.75 Å². The number of para-hydroxylation sites is 1. The summed E-state index contributed by atoms with van der Waals surface area (Å²) in [6.45, 7) is -0.364. The fraction of sp³-hybridized carbons (Fsp3) is 0.350. The molecule has 0 bridgehead atoms. The SMILES string of the molecule is CN=C(NCc1ccccc1OC(F)F)NC1CC1c1ccccc1C.I. The smallest absolute Gasteiger partial charge is 0.387 e. The third-order valence-corrected chi connectivity index (χ3v) is 4.56. The molecule has 0 radical (unpaired) electrons. The summed E-state index contributed by atoms with van der Waals surface area (Å²) in [6, 6.07) is 15.5. The van der Waals surface area contributed by atoms with Gasteiger partial charge in [0.05, 0.1) is 0 Å². The Labute approximate surface area is 175 Å². The first-order valence-electron chi connectivity index (χ1n) is 8.64. The molecule has 2 aromatic rings. The summed E-state index contributed by atoms with van der Waals surface area (Å²) in [5.41, 5.74) is 3.31. The van der Waals surface area contributed by atoms with Gasteiger partial charge in [0.25, 0.3) is 0 Å². The van der Waals surface area contributed by atoms with E-state index in [4.69, 9.17) is 0 Å². The zero-order valence-electron chi connectivity index (χ0n) is 15.3. The van der Waals surface area contributed by atoms with Gasteiger partial charge >= 0.3 is 6.61 Å². The van der Waals surface area contributed by atoms with E-state index in [-0.39, 0.29) is 29.7 Å². The van der Waals surface area contributed by atoms with Crippen LogP contribution in [0.4, 0.5) is 8.78 Å². The molecule has 0 spiro atoms. The number of nitrogens with one attached hydrogen (secondary N) is 2. The third-order valence-electron chi connectivity index (χ3n) is 4.56. The van der Waals surface area contributed by atoms with Gasteiger partial charge in [-0.1, -0.05) is 42.5 Å². The van der Waals surface area contributed by atoms with Crippen LogP contribution in [0.5, 0.6) is 5.75 Å². The van der Waals surface area contributed by atoms with Crippen molar-refractivity contribution in [2.24, 2.45) is 4.99 Å². The Morgan fingerprint density at radius 3 is 2.59 bits per heavy atom. The number of aryl methyl sites for hydroxylation is 1. The molecule has 0 aromatic heterocycles. The van der Waals surface area contributed by atoms with Crippen molar-refractivity contribution in [1.82, 2.24) is 10.6 Å². The van der Waals surface area contributed by atoms with Gasteiger partial charge in [0.2, 0.25) is 0 Å². The number of hydrogen-bond acceptors (Lipinski definition) is 2. The molecule has 27 heavy (non-hydrogen) atoms. The second-order valence-corrected chi connectivity index (χ2v) is 6.36. The van der Waals surface area contributed by atoms with Crippen LogP contribution in [-0.2, 0) is 6.54 Å².